The topological polar surface area (TPSA) is 120 Å². The third kappa shape index (κ3) is 5.33. The van der Waals surface area contributed by atoms with Crippen molar-refractivity contribution in [1.29, 1.82) is 0 Å². The average molecular weight is 433 g/mol. The summed E-state index contributed by atoms with van der Waals surface area (Å²) in [6, 6.07) is 17.1. The average Bonchev–Trinajstić information content (AvgIpc) is 2.80. The number of non-ortho nitro benzene ring substituents is 1. The van der Waals surface area contributed by atoms with Crippen LogP contribution in [-0.4, -0.2) is 30.1 Å². The number of nitrogens with zero attached hydrogens (tertiary/aromatic N) is 2. The van der Waals surface area contributed by atoms with E-state index >= 15 is 0 Å². The van der Waals surface area contributed by atoms with E-state index in [1.807, 2.05) is 19.1 Å². The van der Waals surface area contributed by atoms with Crippen LogP contribution in [0.4, 0.5) is 5.69 Å². The molecular formula is C23H19N3O6. The third-order valence-corrected chi connectivity index (χ3v) is 4.45. The first-order valence-electron chi connectivity index (χ1n) is 9.42. The first kappa shape index (κ1) is 22.2. The highest BCUT2D eigenvalue weighted by Crippen LogP contribution is 2.28. The van der Waals surface area contributed by atoms with Gasteiger partial charge in [-0.2, -0.15) is 5.10 Å². The highest BCUT2D eigenvalue weighted by Gasteiger charge is 2.16. The normalized spacial score (nSPS) is 10.6. The van der Waals surface area contributed by atoms with Crippen LogP contribution in [-0.2, 0) is 0 Å². The van der Waals surface area contributed by atoms with Crippen molar-refractivity contribution in [2.24, 2.45) is 5.10 Å². The van der Waals surface area contributed by atoms with Gasteiger partial charge in [-0.15, -0.1) is 0 Å². The molecule has 162 valence electrons. The first-order chi connectivity index (χ1) is 15.4. The summed E-state index contributed by atoms with van der Waals surface area (Å²) in [6.07, 6.45) is 1.42. The van der Waals surface area contributed by atoms with Gasteiger partial charge >= 0.3 is 5.97 Å². The smallest absolute Gasteiger partial charge is 0.343 e. The number of esters is 1. The number of methoxy groups -OCH3 is 1. The second-order valence-corrected chi connectivity index (χ2v) is 6.62. The predicted molar refractivity (Wildman–Crippen MR) is 117 cm³/mol. The maximum absolute atomic E-state index is 12.4. The summed E-state index contributed by atoms with van der Waals surface area (Å²) in [7, 11) is 1.40. The number of hydrogen-bond acceptors (Lipinski definition) is 7. The van der Waals surface area contributed by atoms with Crippen molar-refractivity contribution >= 4 is 23.8 Å². The molecule has 0 aliphatic heterocycles. The number of nitro benzene ring substituents is 1. The van der Waals surface area contributed by atoms with Crippen LogP contribution in [0.1, 0.15) is 31.8 Å². The van der Waals surface area contributed by atoms with Gasteiger partial charge in [0.25, 0.3) is 11.6 Å². The van der Waals surface area contributed by atoms with Crippen molar-refractivity contribution < 1.29 is 24.0 Å². The van der Waals surface area contributed by atoms with Gasteiger partial charge in [0.1, 0.15) is 0 Å². The van der Waals surface area contributed by atoms with Crippen LogP contribution < -0.4 is 14.9 Å². The standard InChI is InChI=1S/C23H19N3O6/c1-15-6-3-4-9-19(15)22(27)25-24-14-16-10-11-20(21(12-16)31-2)32-23(28)17-7-5-8-18(13-17)26(29)30/h3-14H,1-2H3,(H,25,27). The minimum absolute atomic E-state index is 0.0332. The summed E-state index contributed by atoms with van der Waals surface area (Å²) in [5.41, 5.74) is 4.21. The molecule has 0 aliphatic rings. The van der Waals surface area contributed by atoms with E-state index < -0.39 is 10.9 Å². The molecule has 0 saturated carbocycles. The Labute approximate surface area is 183 Å². The fourth-order valence-corrected chi connectivity index (χ4v) is 2.81. The van der Waals surface area contributed by atoms with Crippen LogP contribution in [0, 0.1) is 17.0 Å². The van der Waals surface area contributed by atoms with Gasteiger partial charge in [0, 0.05) is 17.7 Å². The number of amides is 1. The Hall–Kier alpha value is -4.53. The van der Waals surface area contributed by atoms with Crippen LogP contribution in [0.2, 0.25) is 0 Å². The second-order valence-electron chi connectivity index (χ2n) is 6.62. The number of aryl methyl sites for hydroxylation is 1. The molecule has 0 atom stereocenters. The third-order valence-electron chi connectivity index (χ3n) is 4.45. The Kier molecular flexibility index (Phi) is 6.92. The molecule has 0 unspecified atom stereocenters. The fraction of sp³-hybridized carbons (Fsp3) is 0.0870. The van der Waals surface area contributed by atoms with E-state index in [2.05, 4.69) is 10.5 Å². The van der Waals surface area contributed by atoms with Crippen molar-refractivity contribution in [2.45, 2.75) is 6.92 Å². The Bertz CT molecular complexity index is 1210. The number of hydrazone groups is 1. The van der Waals surface area contributed by atoms with E-state index in [4.69, 9.17) is 9.47 Å². The minimum Gasteiger partial charge on any atom is -0.493 e. The summed E-state index contributed by atoms with van der Waals surface area (Å²) < 4.78 is 10.6. The molecule has 32 heavy (non-hydrogen) atoms. The maximum Gasteiger partial charge on any atom is 0.343 e. The van der Waals surface area contributed by atoms with Crippen LogP contribution in [0.25, 0.3) is 0 Å². The molecule has 0 spiro atoms. The number of benzene rings is 3. The number of carbonyl (C=O) groups excluding carboxylic acids is 2. The Morgan fingerprint density at radius 2 is 1.81 bits per heavy atom. The molecular weight excluding hydrogens is 414 g/mol. The zero-order valence-electron chi connectivity index (χ0n) is 17.3. The SMILES string of the molecule is COc1cc(C=NNC(=O)c2ccccc2C)ccc1OC(=O)c1cccc([N+](=O)[O-])c1. The van der Waals surface area contributed by atoms with Gasteiger partial charge in [-0.3, -0.25) is 14.9 Å². The summed E-state index contributed by atoms with van der Waals surface area (Å²) in [4.78, 5) is 34.9. The molecule has 9 heteroatoms. The van der Waals surface area contributed by atoms with Crippen molar-refractivity contribution in [3.05, 3.63) is 99.1 Å². The summed E-state index contributed by atoms with van der Waals surface area (Å²) >= 11 is 0. The molecule has 0 aliphatic carbocycles. The van der Waals surface area contributed by atoms with E-state index in [1.54, 1.807) is 24.3 Å². The molecule has 1 N–H and O–H groups in total. The summed E-state index contributed by atoms with van der Waals surface area (Å²) in [5.74, 6) is -0.726. The van der Waals surface area contributed by atoms with Crippen LogP contribution in [0.15, 0.2) is 71.8 Å². The Morgan fingerprint density at radius 1 is 1.03 bits per heavy atom. The van der Waals surface area contributed by atoms with Gasteiger partial charge in [-0.1, -0.05) is 24.3 Å². The molecule has 0 fully saturated rings. The number of rotatable bonds is 7. The largest absolute Gasteiger partial charge is 0.493 e. The van der Waals surface area contributed by atoms with Crippen LogP contribution in [0.3, 0.4) is 0 Å². The van der Waals surface area contributed by atoms with Gasteiger partial charge in [0.15, 0.2) is 11.5 Å². The molecule has 0 heterocycles. The molecule has 0 bridgehead atoms. The summed E-state index contributed by atoms with van der Waals surface area (Å²) in [5, 5.41) is 14.8. The number of nitro groups is 1. The Morgan fingerprint density at radius 3 is 2.53 bits per heavy atom. The minimum atomic E-state index is -0.765. The van der Waals surface area contributed by atoms with Crippen molar-refractivity contribution in [1.82, 2.24) is 5.43 Å². The molecule has 1 amide bonds. The van der Waals surface area contributed by atoms with Crippen LogP contribution >= 0.6 is 0 Å². The Balaban J connectivity index is 1.70. The lowest BCUT2D eigenvalue weighted by Crippen LogP contribution is -2.18. The second kappa shape index (κ2) is 9.98. The summed E-state index contributed by atoms with van der Waals surface area (Å²) in [6.45, 7) is 1.83. The quantitative estimate of drug-likeness (QED) is 0.198. The van der Waals surface area contributed by atoms with E-state index in [0.717, 1.165) is 11.6 Å². The molecule has 0 aromatic heterocycles. The van der Waals surface area contributed by atoms with Gasteiger partial charge in [0.2, 0.25) is 0 Å². The zero-order valence-corrected chi connectivity index (χ0v) is 17.3. The number of carbonyl (C=O) groups is 2. The van der Waals surface area contributed by atoms with Crippen LogP contribution in [0.5, 0.6) is 11.5 Å². The van der Waals surface area contributed by atoms with Gasteiger partial charge in [-0.25, -0.2) is 10.2 Å². The van der Waals surface area contributed by atoms with E-state index in [0.29, 0.717) is 11.1 Å². The lowest BCUT2D eigenvalue weighted by molar-refractivity contribution is -0.384. The predicted octanol–water partition coefficient (Wildman–Crippen LogP) is 3.89. The van der Waals surface area contributed by atoms with Crippen molar-refractivity contribution in [3.8, 4) is 11.5 Å². The number of hydrogen-bond donors (Lipinski definition) is 1. The zero-order chi connectivity index (χ0) is 23.1. The first-order valence-corrected chi connectivity index (χ1v) is 9.42. The highest BCUT2D eigenvalue weighted by atomic mass is 16.6. The number of nitrogens with one attached hydrogen (secondary N) is 1. The molecule has 0 saturated heterocycles. The van der Waals surface area contributed by atoms with E-state index in [-0.39, 0.29) is 28.7 Å². The van der Waals surface area contributed by atoms with Gasteiger partial charge < -0.3 is 9.47 Å². The number of ether oxygens (including phenoxy) is 2. The lowest BCUT2D eigenvalue weighted by Gasteiger charge is -2.10. The molecule has 3 aromatic rings. The molecule has 0 radical (unpaired) electrons. The monoisotopic (exact) mass is 433 g/mol. The fourth-order valence-electron chi connectivity index (χ4n) is 2.81. The van der Waals surface area contributed by atoms with E-state index in [1.165, 1.54) is 37.6 Å². The molecule has 9 nitrogen and oxygen atoms in total. The van der Waals surface area contributed by atoms with Crippen molar-refractivity contribution in [3.63, 3.8) is 0 Å². The molecule has 3 aromatic carbocycles. The maximum atomic E-state index is 12.4. The van der Waals surface area contributed by atoms with Crippen molar-refractivity contribution in [2.75, 3.05) is 7.11 Å². The van der Waals surface area contributed by atoms with Gasteiger partial charge in [-0.05, 0) is 48.4 Å². The van der Waals surface area contributed by atoms with Gasteiger partial charge in [0.05, 0.1) is 23.8 Å². The molecule has 3 rings (SSSR count). The lowest BCUT2D eigenvalue weighted by atomic mass is 10.1. The van der Waals surface area contributed by atoms with E-state index in [9.17, 15) is 19.7 Å². The highest BCUT2D eigenvalue weighted by molar-refractivity contribution is 5.96.